The molecule has 0 atom stereocenters. The number of halogens is 1. The molecule has 0 spiro atoms. The van der Waals surface area contributed by atoms with Gasteiger partial charge in [0.25, 0.3) is 0 Å². The van der Waals surface area contributed by atoms with Crippen LogP contribution < -0.4 is 0 Å². The van der Waals surface area contributed by atoms with Crippen LogP contribution in [0.25, 0.3) is 0 Å². The zero-order valence-corrected chi connectivity index (χ0v) is 27.0. The summed E-state index contributed by atoms with van der Waals surface area (Å²) in [6.07, 6.45) is 7.44. The molecule has 0 aromatic heterocycles. The van der Waals surface area contributed by atoms with E-state index in [4.69, 9.17) is 47.4 Å². The van der Waals surface area contributed by atoms with Crippen molar-refractivity contribution in [3.8, 4) is 0 Å². The van der Waals surface area contributed by atoms with E-state index in [1.165, 1.54) is 25.7 Å². The summed E-state index contributed by atoms with van der Waals surface area (Å²) in [7, 11) is 0. The van der Waals surface area contributed by atoms with Gasteiger partial charge in [-0.15, -0.1) is 0 Å². The molecule has 246 valence electrons. The highest BCUT2D eigenvalue weighted by Crippen LogP contribution is 2.07. The van der Waals surface area contributed by atoms with Crippen molar-refractivity contribution in [2.75, 3.05) is 131 Å². The second-order valence-electron chi connectivity index (χ2n) is 8.94. The lowest BCUT2D eigenvalue weighted by Gasteiger charge is -2.09. The molecule has 0 aliphatic heterocycles. The topological polar surface area (TPSA) is 109 Å². The van der Waals surface area contributed by atoms with Gasteiger partial charge in [0.2, 0.25) is 0 Å². The summed E-state index contributed by atoms with van der Waals surface area (Å²) in [6, 6.07) is 0. The Morgan fingerprint density at radius 1 is 0.415 bits per heavy atom. The lowest BCUT2D eigenvalue weighted by Crippen LogP contribution is -2.15. The van der Waals surface area contributed by atoms with Gasteiger partial charge in [-0.05, 0) is 6.42 Å². The van der Waals surface area contributed by atoms with Crippen LogP contribution in [0.2, 0.25) is 0 Å². The van der Waals surface area contributed by atoms with E-state index in [-0.39, 0.29) is 5.97 Å². The zero-order valence-electron chi connectivity index (χ0n) is 25.5. The molecule has 41 heavy (non-hydrogen) atoms. The third kappa shape index (κ3) is 37.6. The summed E-state index contributed by atoms with van der Waals surface area (Å²) >= 11 is 3.30. The summed E-state index contributed by atoms with van der Waals surface area (Å²) in [5.74, 6) is -0.141. The first-order valence-electron chi connectivity index (χ1n) is 15.2. The van der Waals surface area contributed by atoms with Crippen molar-refractivity contribution in [1.82, 2.24) is 0 Å². The normalized spacial score (nSPS) is 11.4. The lowest BCUT2D eigenvalue weighted by molar-refractivity contribution is -0.145. The summed E-state index contributed by atoms with van der Waals surface area (Å²) in [5.41, 5.74) is 0. The first kappa shape index (κ1) is 40.6. The Kier molecular flexibility index (Phi) is 37.2. The molecule has 0 saturated carbocycles. The molecule has 12 heteroatoms. The first-order chi connectivity index (χ1) is 20.3. The fourth-order valence-corrected chi connectivity index (χ4v) is 3.48. The van der Waals surface area contributed by atoms with Crippen molar-refractivity contribution in [2.45, 2.75) is 51.9 Å². The molecule has 0 bridgehead atoms. The van der Waals surface area contributed by atoms with Gasteiger partial charge in [0, 0.05) is 11.8 Å². The maximum absolute atomic E-state index is 11.6. The predicted molar refractivity (Wildman–Crippen MR) is 160 cm³/mol. The van der Waals surface area contributed by atoms with E-state index in [2.05, 4.69) is 22.9 Å². The van der Waals surface area contributed by atoms with Crippen LogP contribution in [0.1, 0.15) is 51.9 Å². The van der Waals surface area contributed by atoms with Gasteiger partial charge in [-0.1, -0.05) is 55.0 Å². The van der Waals surface area contributed by atoms with Crippen molar-refractivity contribution in [3.05, 3.63) is 0 Å². The molecule has 0 aliphatic rings. The highest BCUT2D eigenvalue weighted by Gasteiger charge is 2.02. The SMILES string of the molecule is CCCCCCCCC(=O)OCCOCCOCCOCCOCCOCCOCCOCCOCCOCCBr. The smallest absolute Gasteiger partial charge is 0.305 e. The number of esters is 1. The standard InChI is InChI=1S/C29H57BrO11/c1-2-3-4-5-6-7-8-29(31)41-28-27-40-26-25-39-24-23-38-22-21-37-20-19-36-18-17-35-16-15-34-14-13-33-12-11-32-10-9-30/h2-28H2,1H3. The van der Waals surface area contributed by atoms with Gasteiger partial charge in [-0.2, -0.15) is 0 Å². The fraction of sp³-hybridized carbons (Fsp3) is 0.966. The monoisotopic (exact) mass is 660 g/mol. The van der Waals surface area contributed by atoms with E-state index in [1.807, 2.05) is 0 Å². The van der Waals surface area contributed by atoms with Gasteiger partial charge in [0.05, 0.1) is 119 Å². The van der Waals surface area contributed by atoms with Crippen LogP contribution in [-0.4, -0.2) is 137 Å². The minimum atomic E-state index is -0.141. The summed E-state index contributed by atoms with van der Waals surface area (Å²) < 4.78 is 53.9. The molecule has 0 N–H and O–H groups in total. The number of carbonyl (C=O) groups is 1. The van der Waals surface area contributed by atoms with Crippen molar-refractivity contribution in [1.29, 1.82) is 0 Å². The summed E-state index contributed by atoms with van der Waals surface area (Å²) in [6.45, 7) is 11.9. The molecule has 0 fully saturated rings. The van der Waals surface area contributed by atoms with Gasteiger partial charge in [-0.3, -0.25) is 4.79 Å². The second kappa shape index (κ2) is 37.6. The van der Waals surface area contributed by atoms with Crippen LogP contribution in [0.4, 0.5) is 0 Å². The summed E-state index contributed by atoms with van der Waals surface area (Å²) in [5, 5.41) is 0.837. The Balaban J connectivity index is 3.09. The Morgan fingerprint density at radius 2 is 0.707 bits per heavy atom. The van der Waals surface area contributed by atoms with E-state index in [9.17, 15) is 4.79 Å². The minimum Gasteiger partial charge on any atom is -0.463 e. The van der Waals surface area contributed by atoms with Crippen LogP contribution in [0.15, 0.2) is 0 Å². The molecule has 0 unspecified atom stereocenters. The third-order valence-electron chi connectivity index (χ3n) is 5.42. The van der Waals surface area contributed by atoms with E-state index in [0.29, 0.717) is 132 Å². The largest absolute Gasteiger partial charge is 0.463 e. The number of rotatable bonds is 36. The summed E-state index contributed by atoms with van der Waals surface area (Å²) in [4.78, 5) is 11.6. The Hall–Kier alpha value is -0.410. The third-order valence-corrected chi connectivity index (χ3v) is 5.75. The molecular weight excluding hydrogens is 604 g/mol. The quantitative estimate of drug-likeness (QED) is 0.0556. The van der Waals surface area contributed by atoms with Crippen LogP contribution in [0.3, 0.4) is 0 Å². The molecule has 11 nitrogen and oxygen atoms in total. The minimum absolute atomic E-state index is 0.141. The van der Waals surface area contributed by atoms with Gasteiger partial charge in [0.15, 0.2) is 0 Å². The Labute approximate surface area is 256 Å². The van der Waals surface area contributed by atoms with Crippen molar-refractivity contribution in [3.63, 3.8) is 0 Å². The maximum atomic E-state index is 11.6. The molecule has 0 saturated heterocycles. The molecule has 0 amide bonds. The van der Waals surface area contributed by atoms with E-state index in [0.717, 1.165) is 18.2 Å². The second-order valence-corrected chi connectivity index (χ2v) is 9.73. The molecule has 0 radical (unpaired) electrons. The van der Waals surface area contributed by atoms with Crippen molar-refractivity contribution >= 4 is 21.9 Å². The Morgan fingerprint density at radius 3 is 1.05 bits per heavy atom. The van der Waals surface area contributed by atoms with Crippen LogP contribution in [-0.2, 0) is 52.2 Å². The highest BCUT2D eigenvalue weighted by atomic mass is 79.9. The number of hydrogen-bond acceptors (Lipinski definition) is 11. The molecule has 0 rings (SSSR count). The van der Waals surface area contributed by atoms with Crippen LogP contribution in [0.5, 0.6) is 0 Å². The van der Waals surface area contributed by atoms with Crippen LogP contribution in [0, 0.1) is 0 Å². The first-order valence-corrected chi connectivity index (χ1v) is 16.3. The van der Waals surface area contributed by atoms with Crippen molar-refractivity contribution in [2.24, 2.45) is 0 Å². The van der Waals surface area contributed by atoms with Crippen molar-refractivity contribution < 1.29 is 52.2 Å². The highest BCUT2D eigenvalue weighted by molar-refractivity contribution is 9.09. The van der Waals surface area contributed by atoms with E-state index in [1.54, 1.807) is 0 Å². The number of ether oxygens (including phenoxy) is 10. The van der Waals surface area contributed by atoms with E-state index >= 15 is 0 Å². The predicted octanol–water partition coefficient (Wildman–Crippen LogP) is 3.82. The molecule has 0 aromatic carbocycles. The zero-order chi connectivity index (χ0) is 29.7. The Bertz CT molecular complexity index is 503. The molecule has 0 heterocycles. The van der Waals surface area contributed by atoms with Crippen LogP contribution >= 0.6 is 15.9 Å². The fourth-order valence-electron chi connectivity index (χ4n) is 3.25. The maximum Gasteiger partial charge on any atom is 0.305 e. The number of hydrogen-bond donors (Lipinski definition) is 0. The van der Waals surface area contributed by atoms with E-state index < -0.39 is 0 Å². The number of unbranched alkanes of at least 4 members (excludes halogenated alkanes) is 5. The average molecular weight is 662 g/mol. The molecular formula is C29H57BrO11. The van der Waals surface area contributed by atoms with Gasteiger partial charge in [0.1, 0.15) is 6.61 Å². The molecule has 0 aliphatic carbocycles. The van der Waals surface area contributed by atoms with Gasteiger partial charge in [-0.25, -0.2) is 0 Å². The van der Waals surface area contributed by atoms with Gasteiger partial charge < -0.3 is 47.4 Å². The average Bonchev–Trinajstić information content (AvgIpc) is 2.98. The number of alkyl halides is 1. The lowest BCUT2D eigenvalue weighted by atomic mass is 10.1. The number of carbonyl (C=O) groups excluding carboxylic acids is 1. The van der Waals surface area contributed by atoms with Gasteiger partial charge >= 0.3 is 5.97 Å². The molecule has 0 aromatic rings.